The Hall–Kier alpha value is -2.94. The van der Waals surface area contributed by atoms with Crippen LogP contribution in [-0.4, -0.2) is 65.8 Å². The van der Waals surface area contributed by atoms with E-state index in [0.717, 1.165) is 5.56 Å². The Bertz CT molecular complexity index is 986. The molecular weight excluding hydrogens is 448 g/mol. The van der Waals surface area contributed by atoms with Crippen molar-refractivity contribution < 1.29 is 23.9 Å². The fourth-order valence-corrected chi connectivity index (χ4v) is 4.79. The van der Waals surface area contributed by atoms with E-state index in [4.69, 9.17) is 10.5 Å². The molecule has 192 valence electrons. The summed E-state index contributed by atoms with van der Waals surface area (Å²) in [4.78, 5) is 53.4. The average Bonchev–Trinajstić information content (AvgIpc) is 3.39. The van der Waals surface area contributed by atoms with Crippen LogP contribution >= 0.6 is 0 Å². The minimum absolute atomic E-state index is 0.0570. The third kappa shape index (κ3) is 6.20. The Kier molecular flexibility index (Phi) is 8.20. The molecule has 35 heavy (non-hydrogen) atoms. The third-order valence-corrected chi connectivity index (χ3v) is 6.79. The van der Waals surface area contributed by atoms with Gasteiger partial charge in [-0.3, -0.25) is 19.2 Å². The lowest BCUT2D eigenvalue weighted by Gasteiger charge is -2.35. The smallest absolute Gasteiger partial charge is 0.251 e. The maximum absolute atomic E-state index is 13.7. The number of hydrogen-bond donors (Lipinski definition) is 3. The molecule has 3 amide bonds. The second-order valence-electron chi connectivity index (χ2n) is 10.6. The number of carbonyl (C=O) groups is 4. The van der Waals surface area contributed by atoms with E-state index in [0.29, 0.717) is 37.2 Å². The number of benzene rings is 1. The molecule has 0 spiro atoms. The van der Waals surface area contributed by atoms with Gasteiger partial charge in [0, 0.05) is 37.2 Å². The van der Waals surface area contributed by atoms with Gasteiger partial charge in [0.25, 0.3) is 5.91 Å². The summed E-state index contributed by atoms with van der Waals surface area (Å²) < 4.78 is 5.64. The van der Waals surface area contributed by atoms with Crippen LogP contribution in [0.1, 0.15) is 69.3 Å². The molecule has 4 atom stereocenters. The number of nitrogens with two attached hydrogens (primary N) is 1. The summed E-state index contributed by atoms with van der Waals surface area (Å²) in [6.07, 6.45) is 1.39. The highest BCUT2D eigenvalue weighted by molar-refractivity contribution is 5.99. The molecule has 9 nitrogen and oxygen atoms in total. The molecule has 1 aromatic rings. The largest absolute Gasteiger partial charge is 0.399 e. The van der Waals surface area contributed by atoms with Gasteiger partial charge in [-0.1, -0.05) is 20.8 Å². The van der Waals surface area contributed by atoms with E-state index in [9.17, 15) is 19.2 Å². The number of anilines is 1. The van der Waals surface area contributed by atoms with E-state index in [2.05, 4.69) is 10.6 Å². The predicted molar refractivity (Wildman–Crippen MR) is 133 cm³/mol. The molecule has 0 radical (unpaired) electrons. The van der Waals surface area contributed by atoms with Crippen LogP contribution in [0.5, 0.6) is 0 Å². The average molecular weight is 487 g/mol. The summed E-state index contributed by atoms with van der Waals surface area (Å²) in [6, 6.07) is 3.12. The van der Waals surface area contributed by atoms with Crippen molar-refractivity contribution in [3.8, 4) is 0 Å². The maximum Gasteiger partial charge on any atom is 0.251 e. The van der Waals surface area contributed by atoms with Crippen LogP contribution in [0.25, 0.3) is 0 Å². The van der Waals surface area contributed by atoms with Crippen molar-refractivity contribution in [2.45, 2.75) is 84.5 Å². The highest BCUT2D eigenvalue weighted by atomic mass is 16.5. The number of nitrogen functional groups attached to an aromatic ring is 1. The van der Waals surface area contributed by atoms with E-state index in [1.54, 1.807) is 23.1 Å². The minimum atomic E-state index is -0.828. The molecule has 1 aromatic carbocycles. The number of Topliss-reactive ketones (excluding diaryl/α,β-unsaturated/α-hetero) is 1. The van der Waals surface area contributed by atoms with Crippen LogP contribution in [-0.2, 0) is 19.1 Å². The first-order chi connectivity index (χ1) is 16.4. The Labute approximate surface area is 207 Å². The summed E-state index contributed by atoms with van der Waals surface area (Å²) in [5, 5.41) is 5.84. The first kappa shape index (κ1) is 26.7. The molecule has 4 N–H and O–H groups in total. The van der Waals surface area contributed by atoms with E-state index >= 15 is 0 Å². The van der Waals surface area contributed by atoms with Gasteiger partial charge in [0.15, 0.2) is 0 Å². The Morgan fingerprint density at radius 1 is 1.23 bits per heavy atom. The minimum Gasteiger partial charge on any atom is -0.399 e. The fraction of sp³-hybridized carbons (Fsp3) is 0.615. The lowest BCUT2D eigenvalue weighted by atomic mass is 9.85. The van der Waals surface area contributed by atoms with Crippen LogP contribution in [0.2, 0.25) is 0 Å². The summed E-state index contributed by atoms with van der Waals surface area (Å²) in [5.74, 6) is -0.889. The number of nitrogens with zero attached hydrogens (tertiary/aromatic N) is 1. The summed E-state index contributed by atoms with van der Waals surface area (Å²) >= 11 is 0. The Morgan fingerprint density at radius 3 is 2.57 bits per heavy atom. The van der Waals surface area contributed by atoms with Gasteiger partial charge in [0.2, 0.25) is 11.8 Å². The van der Waals surface area contributed by atoms with Crippen LogP contribution in [0.3, 0.4) is 0 Å². The van der Waals surface area contributed by atoms with E-state index in [-0.39, 0.29) is 48.5 Å². The standard InChI is InChI=1S/C26H38N4O5/c1-6-35-21-14-17(31)13-19(21)28-24(33)20-8-7-11-30(20)25(34)22(26(3,4)5)29-23(32)16-9-10-18(27)15(2)12-16/h9-10,12,19-22H,6-8,11,13-14,27H2,1-5H3,(H,28,33)(H,29,32)/t19-,20-,21+,22+/m0/s1. The fourth-order valence-electron chi connectivity index (χ4n) is 4.79. The molecule has 9 heteroatoms. The van der Waals surface area contributed by atoms with E-state index in [1.807, 2.05) is 34.6 Å². The number of rotatable bonds is 7. The molecule has 2 fully saturated rings. The lowest BCUT2D eigenvalue weighted by Crippen LogP contribution is -2.58. The van der Waals surface area contributed by atoms with Crippen molar-refractivity contribution in [1.29, 1.82) is 0 Å². The summed E-state index contributed by atoms with van der Waals surface area (Å²) in [7, 11) is 0. The number of likely N-dealkylation sites (tertiary alicyclic amines) is 1. The SMILES string of the molecule is CCO[C@@H]1CC(=O)C[C@@H]1NC(=O)[C@@H]1CCCN1C(=O)[C@@H](NC(=O)c1ccc(N)c(C)c1)C(C)(C)C. The van der Waals surface area contributed by atoms with Gasteiger partial charge < -0.3 is 26.0 Å². The number of hydrogen-bond acceptors (Lipinski definition) is 6. The van der Waals surface area contributed by atoms with Crippen molar-refractivity contribution in [1.82, 2.24) is 15.5 Å². The van der Waals surface area contributed by atoms with Gasteiger partial charge in [-0.2, -0.15) is 0 Å². The van der Waals surface area contributed by atoms with Crippen molar-refractivity contribution in [2.24, 2.45) is 5.41 Å². The topological polar surface area (TPSA) is 131 Å². The lowest BCUT2D eigenvalue weighted by molar-refractivity contribution is -0.142. The molecule has 2 aliphatic rings. The molecule has 1 aliphatic carbocycles. The zero-order valence-electron chi connectivity index (χ0n) is 21.3. The predicted octanol–water partition coefficient (Wildman–Crippen LogP) is 1.97. The van der Waals surface area contributed by atoms with E-state index < -0.39 is 17.5 Å². The van der Waals surface area contributed by atoms with E-state index in [1.165, 1.54) is 0 Å². The van der Waals surface area contributed by atoms with Gasteiger partial charge in [-0.25, -0.2) is 0 Å². The van der Waals surface area contributed by atoms with Crippen LogP contribution in [0.15, 0.2) is 18.2 Å². The number of ketones is 1. The molecule has 3 rings (SSSR count). The van der Waals surface area contributed by atoms with Crippen LogP contribution in [0, 0.1) is 12.3 Å². The molecule has 1 saturated carbocycles. The zero-order valence-corrected chi connectivity index (χ0v) is 21.3. The van der Waals surface area contributed by atoms with Gasteiger partial charge in [-0.15, -0.1) is 0 Å². The highest BCUT2D eigenvalue weighted by Crippen LogP contribution is 2.27. The summed E-state index contributed by atoms with van der Waals surface area (Å²) in [5.41, 5.74) is 7.07. The number of carbonyl (C=O) groups excluding carboxylic acids is 4. The van der Waals surface area contributed by atoms with Crippen molar-refractivity contribution >= 4 is 29.2 Å². The van der Waals surface area contributed by atoms with Crippen LogP contribution < -0.4 is 16.4 Å². The first-order valence-electron chi connectivity index (χ1n) is 12.3. The zero-order chi connectivity index (χ0) is 25.9. The van der Waals surface area contributed by atoms with Gasteiger partial charge in [0.1, 0.15) is 17.9 Å². The normalized spacial score (nSPS) is 23.3. The number of amides is 3. The number of aryl methyl sites for hydroxylation is 1. The Balaban J connectivity index is 1.74. The van der Waals surface area contributed by atoms with Gasteiger partial charge in [0.05, 0.1) is 12.1 Å². The Morgan fingerprint density at radius 2 is 1.94 bits per heavy atom. The highest BCUT2D eigenvalue weighted by Gasteiger charge is 2.43. The van der Waals surface area contributed by atoms with Crippen molar-refractivity contribution in [2.75, 3.05) is 18.9 Å². The van der Waals surface area contributed by atoms with Gasteiger partial charge in [-0.05, 0) is 55.9 Å². The molecule has 1 aliphatic heterocycles. The molecule has 0 aromatic heterocycles. The van der Waals surface area contributed by atoms with Crippen LogP contribution in [0.4, 0.5) is 5.69 Å². The number of ether oxygens (including phenoxy) is 1. The number of nitrogens with one attached hydrogen (secondary N) is 2. The molecule has 1 heterocycles. The van der Waals surface area contributed by atoms with Crippen molar-refractivity contribution in [3.63, 3.8) is 0 Å². The van der Waals surface area contributed by atoms with Crippen molar-refractivity contribution in [3.05, 3.63) is 29.3 Å². The monoisotopic (exact) mass is 486 g/mol. The quantitative estimate of drug-likeness (QED) is 0.505. The summed E-state index contributed by atoms with van der Waals surface area (Å²) in [6.45, 7) is 10.2. The second kappa shape index (κ2) is 10.8. The molecule has 0 bridgehead atoms. The maximum atomic E-state index is 13.7. The molecule has 0 unspecified atom stereocenters. The molecular formula is C26H38N4O5. The second-order valence-corrected chi connectivity index (χ2v) is 10.6. The first-order valence-corrected chi connectivity index (χ1v) is 12.3. The van der Waals surface area contributed by atoms with Gasteiger partial charge >= 0.3 is 0 Å². The molecule has 1 saturated heterocycles. The third-order valence-electron chi connectivity index (χ3n) is 6.79.